The summed E-state index contributed by atoms with van der Waals surface area (Å²) in [6.07, 6.45) is 0. The van der Waals surface area contributed by atoms with Gasteiger partial charge in [-0.25, -0.2) is 0 Å². The third kappa shape index (κ3) is 5.76. The Morgan fingerprint density at radius 3 is 2.11 bits per heavy atom. The molecule has 0 radical (unpaired) electrons. The summed E-state index contributed by atoms with van der Waals surface area (Å²) in [4.78, 5) is 24.1. The Kier molecular flexibility index (Phi) is 6.92. The van der Waals surface area contributed by atoms with Crippen molar-refractivity contribution >= 4 is 45.7 Å². The molecule has 6 heteroatoms. The summed E-state index contributed by atoms with van der Waals surface area (Å²) in [7, 11) is 0. The Morgan fingerprint density at radius 2 is 1.43 bits per heavy atom. The highest BCUT2D eigenvalue weighted by Gasteiger charge is 2.07. The van der Waals surface area contributed by atoms with Crippen molar-refractivity contribution in [3.05, 3.63) is 66.7 Å². The largest absolute Gasteiger partial charge is 0.494 e. The number of carbonyl (C=O) groups is 2. The summed E-state index contributed by atoms with van der Waals surface area (Å²) in [6, 6.07) is 21.0. The van der Waals surface area contributed by atoms with Crippen molar-refractivity contribution in [1.82, 2.24) is 0 Å². The average molecular weight is 394 g/mol. The second-order valence-corrected chi connectivity index (χ2v) is 7.09. The van der Waals surface area contributed by atoms with Crippen LogP contribution >= 0.6 is 11.8 Å². The van der Waals surface area contributed by atoms with Gasteiger partial charge in [0.15, 0.2) is 0 Å². The number of ether oxygens (including phenoxy) is 1. The van der Waals surface area contributed by atoms with Crippen LogP contribution in [0.4, 0.5) is 11.4 Å². The molecule has 0 fully saturated rings. The van der Waals surface area contributed by atoms with Gasteiger partial charge in [-0.05, 0) is 54.1 Å². The van der Waals surface area contributed by atoms with Crippen molar-refractivity contribution in [3.63, 3.8) is 0 Å². The van der Waals surface area contributed by atoms with Gasteiger partial charge in [0, 0.05) is 11.4 Å². The third-order valence-corrected chi connectivity index (χ3v) is 4.88. The first kappa shape index (κ1) is 19.8. The van der Waals surface area contributed by atoms with Crippen LogP contribution < -0.4 is 15.4 Å². The lowest BCUT2D eigenvalue weighted by Crippen LogP contribution is -2.18. The first-order valence-electron chi connectivity index (χ1n) is 9.03. The molecule has 0 aromatic heterocycles. The molecule has 0 saturated carbocycles. The summed E-state index contributed by atoms with van der Waals surface area (Å²) in [5.74, 6) is 0.907. The third-order valence-electron chi connectivity index (χ3n) is 3.95. The van der Waals surface area contributed by atoms with Crippen molar-refractivity contribution in [2.75, 3.05) is 28.7 Å². The van der Waals surface area contributed by atoms with Gasteiger partial charge in [0.25, 0.3) is 0 Å². The van der Waals surface area contributed by atoms with Crippen LogP contribution in [0.3, 0.4) is 0 Å². The van der Waals surface area contributed by atoms with Gasteiger partial charge in [0.2, 0.25) is 11.8 Å². The summed E-state index contributed by atoms with van der Waals surface area (Å²) >= 11 is 1.27. The van der Waals surface area contributed by atoms with E-state index in [1.54, 1.807) is 12.1 Å². The van der Waals surface area contributed by atoms with Gasteiger partial charge in [-0.1, -0.05) is 30.3 Å². The monoisotopic (exact) mass is 394 g/mol. The van der Waals surface area contributed by atoms with Gasteiger partial charge >= 0.3 is 0 Å². The summed E-state index contributed by atoms with van der Waals surface area (Å²) in [5.41, 5.74) is 1.46. The number of carbonyl (C=O) groups excluding carboxylic acids is 2. The van der Waals surface area contributed by atoms with Crippen LogP contribution in [0.15, 0.2) is 66.7 Å². The molecule has 2 amide bonds. The second kappa shape index (κ2) is 9.80. The zero-order chi connectivity index (χ0) is 19.8. The van der Waals surface area contributed by atoms with Gasteiger partial charge in [0.1, 0.15) is 5.75 Å². The molecule has 0 aliphatic heterocycles. The first-order valence-corrected chi connectivity index (χ1v) is 10.2. The fourth-order valence-electron chi connectivity index (χ4n) is 2.70. The molecule has 0 aliphatic rings. The van der Waals surface area contributed by atoms with Gasteiger partial charge in [-0.15, -0.1) is 11.8 Å². The predicted molar refractivity (Wildman–Crippen MR) is 116 cm³/mol. The number of rotatable bonds is 8. The van der Waals surface area contributed by atoms with Gasteiger partial charge in [-0.2, -0.15) is 0 Å². The van der Waals surface area contributed by atoms with E-state index in [0.29, 0.717) is 12.3 Å². The molecule has 2 N–H and O–H groups in total. The molecule has 5 nitrogen and oxygen atoms in total. The van der Waals surface area contributed by atoms with Crippen LogP contribution in [-0.4, -0.2) is 29.9 Å². The number of hydrogen-bond donors (Lipinski definition) is 2. The molecule has 0 unspecified atom stereocenters. The van der Waals surface area contributed by atoms with Gasteiger partial charge in [-0.3, -0.25) is 9.59 Å². The number of nitrogens with one attached hydrogen (secondary N) is 2. The zero-order valence-electron chi connectivity index (χ0n) is 15.6. The summed E-state index contributed by atoms with van der Waals surface area (Å²) in [6.45, 7) is 2.52. The Hall–Kier alpha value is -2.99. The number of thioether (sulfide) groups is 1. The number of fused-ring (bicyclic) bond motifs is 1. The van der Waals surface area contributed by atoms with E-state index < -0.39 is 0 Å². The quantitative estimate of drug-likeness (QED) is 0.588. The van der Waals surface area contributed by atoms with E-state index in [4.69, 9.17) is 4.74 Å². The molecule has 3 aromatic rings. The van der Waals surface area contributed by atoms with Crippen LogP contribution in [0, 0.1) is 0 Å². The van der Waals surface area contributed by atoms with Crippen LogP contribution in [0.2, 0.25) is 0 Å². The van der Waals surface area contributed by atoms with Crippen molar-refractivity contribution in [2.45, 2.75) is 6.92 Å². The highest BCUT2D eigenvalue weighted by molar-refractivity contribution is 8.00. The van der Waals surface area contributed by atoms with E-state index in [0.717, 1.165) is 22.2 Å². The molecule has 0 aliphatic carbocycles. The normalized spacial score (nSPS) is 10.5. The van der Waals surface area contributed by atoms with E-state index in [9.17, 15) is 9.59 Å². The predicted octanol–water partition coefficient (Wildman–Crippen LogP) is 4.55. The standard InChI is InChI=1S/C22H22N2O3S/c1-2-27-20-11-9-18(10-12-20)23-21(25)14-28-15-22(26)24-19-8-7-16-5-3-4-6-17(16)13-19/h3-13H,2,14-15H2,1H3,(H,23,25)(H,24,26). The minimum absolute atomic E-state index is 0.130. The minimum Gasteiger partial charge on any atom is -0.494 e. The topological polar surface area (TPSA) is 67.4 Å². The van der Waals surface area contributed by atoms with Crippen molar-refractivity contribution in [2.24, 2.45) is 0 Å². The molecule has 0 bridgehead atoms. The van der Waals surface area contributed by atoms with Crippen molar-refractivity contribution in [1.29, 1.82) is 0 Å². The van der Waals surface area contributed by atoms with Crippen LogP contribution in [0.5, 0.6) is 5.75 Å². The minimum atomic E-state index is -0.146. The number of benzene rings is 3. The molecule has 0 saturated heterocycles. The first-order chi connectivity index (χ1) is 13.6. The SMILES string of the molecule is CCOc1ccc(NC(=O)CSCC(=O)Nc2ccc3ccccc3c2)cc1. The van der Waals surface area contributed by atoms with Crippen LogP contribution in [0.1, 0.15) is 6.92 Å². The molecule has 28 heavy (non-hydrogen) atoms. The lowest BCUT2D eigenvalue weighted by atomic mass is 10.1. The number of anilines is 2. The molecule has 144 valence electrons. The molecule has 0 heterocycles. The molecule has 0 spiro atoms. The van der Waals surface area contributed by atoms with E-state index >= 15 is 0 Å². The highest BCUT2D eigenvalue weighted by atomic mass is 32.2. The van der Waals surface area contributed by atoms with Crippen LogP contribution in [-0.2, 0) is 9.59 Å². The highest BCUT2D eigenvalue weighted by Crippen LogP contribution is 2.19. The van der Waals surface area contributed by atoms with Crippen molar-refractivity contribution in [3.8, 4) is 5.75 Å². The Labute approximate surface area is 168 Å². The Morgan fingerprint density at radius 1 is 0.821 bits per heavy atom. The summed E-state index contributed by atoms with van der Waals surface area (Å²) in [5, 5.41) is 7.88. The number of amides is 2. The Bertz CT molecular complexity index is 957. The maximum Gasteiger partial charge on any atom is 0.234 e. The maximum absolute atomic E-state index is 12.1. The molecule has 0 atom stereocenters. The Balaban J connectivity index is 1.42. The summed E-state index contributed by atoms with van der Waals surface area (Å²) < 4.78 is 5.37. The maximum atomic E-state index is 12.1. The fraction of sp³-hybridized carbons (Fsp3) is 0.182. The number of hydrogen-bond acceptors (Lipinski definition) is 4. The fourth-order valence-corrected chi connectivity index (χ4v) is 3.32. The average Bonchev–Trinajstić information content (AvgIpc) is 2.69. The molecular formula is C22H22N2O3S. The molecular weight excluding hydrogens is 372 g/mol. The lowest BCUT2D eigenvalue weighted by molar-refractivity contribution is -0.114. The molecule has 3 rings (SSSR count). The van der Waals surface area contributed by atoms with Gasteiger partial charge in [0.05, 0.1) is 18.1 Å². The van der Waals surface area contributed by atoms with E-state index in [2.05, 4.69) is 10.6 Å². The van der Waals surface area contributed by atoms with Crippen molar-refractivity contribution < 1.29 is 14.3 Å². The second-order valence-electron chi connectivity index (χ2n) is 6.11. The van der Waals surface area contributed by atoms with Crippen LogP contribution in [0.25, 0.3) is 10.8 Å². The van der Waals surface area contributed by atoms with E-state index in [-0.39, 0.29) is 23.3 Å². The molecule has 3 aromatic carbocycles. The lowest BCUT2D eigenvalue weighted by Gasteiger charge is -2.08. The van der Waals surface area contributed by atoms with E-state index in [1.165, 1.54) is 11.8 Å². The van der Waals surface area contributed by atoms with Gasteiger partial charge < -0.3 is 15.4 Å². The van der Waals surface area contributed by atoms with E-state index in [1.807, 2.05) is 61.5 Å². The zero-order valence-corrected chi connectivity index (χ0v) is 16.4. The smallest absolute Gasteiger partial charge is 0.234 e.